The highest BCUT2D eigenvalue weighted by molar-refractivity contribution is 5.85. The van der Waals surface area contributed by atoms with Crippen molar-refractivity contribution in [3.05, 3.63) is 0 Å². The van der Waals surface area contributed by atoms with Gasteiger partial charge in [-0.25, -0.2) is 0 Å². The molecule has 0 radical (unpaired) electrons. The van der Waals surface area contributed by atoms with E-state index in [-0.39, 0.29) is 0 Å². The molecule has 0 saturated heterocycles. The minimum absolute atomic E-state index is 0.392. The number of nitrogens with zero attached hydrogens (tertiary/aromatic N) is 1. The maximum absolute atomic E-state index is 6.09. The van der Waals surface area contributed by atoms with Crippen LogP contribution in [0.1, 0.15) is 70.6 Å². The average Bonchev–Trinajstić information content (AvgIpc) is 2.88. The lowest BCUT2D eigenvalue weighted by Gasteiger charge is -2.25. The highest BCUT2D eigenvalue weighted by atomic mass is 14.9. The summed E-state index contributed by atoms with van der Waals surface area (Å²) < 4.78 is 0. The quantitative estimate of drug-likeness (QED) is 0.741. The van der Waals surface area contributed by atoms with Crippen molar-refractivity contribution in [2.45, 2.75) is 82.2 Å². The van der Waals surface area contributed by atoms with Gasteiger partial charge < -0.3 is 5.73 Å². The highest BCUT2D eigenvalue weighted by Gasteiger charge is 2.44. The summed E-state index contributed by atoms with van der Waals surface area (Å²) >= 11 is 0. The van der Waals surface area contributed by atoms with Crippen LogP contribution in [0.4, 0.5) is 0 Å². The molecule has 0 aliphatic heterocycles. The molecule has 17 heavy (non-hydrogen) atoms. The number of hydrogen-bond donors (Lipinski definition) is 1. The third-order valence-corrected chi connectivity index (χ3v) is 5.19. The van der Waals surface area contributed by atoms with Gasteiger partial charge in [-0.3, -0.25) is 4.99 Å². The van der Waals surface area contributed by atoms with E-state index in [0.29, 0.717) is 11.6 Å². The maximum atomic E-state index is 6.09. The lowest BCUT2D eigenvalue weighted by molar-refractivity contribution is 0.417. The molecule has 1 unspecified atom stereocenters. The first-order valence-corrected chi connectivity index (χ1v) is 7.59. The van der Waals surface area contributed by atoms with E-state index in [9.17, 15) is 0 Å². The Morgan fingerprint density at radius 1 is 1.00 bits per heavy atom. The molecular formula is C15H26N2. The topological polar surface area (TPSA) is 38.4 Å². The number of fused-ring (bicyclic) bond motifs is 2. The number of aliphatic imine (C=N–C) groups is 1. The summed E-state index contributed by atoms with van der Waals surface area (Å²) in [5.41, 5.74) is 7.99. The molecule has 2 nitrogen and oxygen atoms in total. The third kappa shape index (κ3) is 2.57. The second kappa shape index (κ2) is 4.72. The van der Waals surface area contributed by atoms with E-state index in [2.05, 4.69) is 0 Å². The van der Waals surface area contributed by atoms with Crippen molar-refractivity contribution in [2.75, 3.05) is 0 Å². The molecule has 0 aromatic carbocycles. The lowest BCUT2D eigenvalue weighted by atomic mass is 9.92. The Bertz CT molecular complexity index is 300. The molecule has 3 aliphatic rings. The Labute approximate surface area is 105 Å². The number of hydrogen-bond acceptors (Lipinski definition) is 2. The molecule has 2 N–H and O–H groups in total. The van der Waals surface area contributed by atoms with E-state index >= 15 is 0 Å². The lowest BCUT2D eigenvalue weighted by Crippen LogP contribution is -2.26. The molecule has 0 aromatic heterocycles. The Balaban J connectivity index is 1.69. The van der Waals surface area contributed by atoms with Gasteiger partial charge in [0.2, 0.25) is 0 Å². The van der Waals surface area contributed by atoms with Gasteiger partial charge in [-0.15, -0.1) is 0 Å². The minimum atomic E-state index is 0.392. The minimum Gasteiger partial charge on any atom is -0.328 e. The third-order valence-electron chi connectivity index (χ3n) is 5.19. The van der Waals surface area contributed by atoms with E-state index in [0.717, 1.165) is 5.92 Å². The first-order valence-electron chi connectivity index (χ1n) is 7.59. The summed E-state index contributed by atoms with van der Waals surface area (Å²) in [5, 5.41) is 0. The van der Waals surface area contributed by atoms with E-state index in [1.54, 1.807) is 0 Å². The molecule has 1 atom stereocenters. The zero-order valence-corrected chi connectivity index (χ0v) is 11.0. The van der Waals surface area contributed by atoms with Crippen LogP contribution in [0.15, 0.2) is 4.99 Å². The van der Waals surface area contributed by atoms with Crippen LogP contribution in [0.3, 0.4) is 0 Å². The van der Waals surface area contributed by atoms with Gasteiger partial charge in [0.15, 0.2) is 0 Å². The second-order valence-electron chi connectivity index (χ2n) is 6.59. The van der Waals surface area contributed by atoms with Gasteiger partial charge in [-0.05, 0) is 70.1 Å². The summed E-state index contributed by atoms with van der Waals surface area (Å²) in [6.45, 7) is 0. The number of rotatable bonds is 1. The molecule has 2 heteroatoms. The Hall–Kier alpha value is -0.370. The monoisotopic (exact) mass is 234 g/mol. The van der Waals surface area contributed by atoms with Crippen LogP contribution in [-0.2, 0) is 0 Å². The van der Waals surface area contributed by atoms with Crippen molar-refractivity contribution >= 4 is 5.71 Å². The van der Waals surface area contributed by atoms with Gasteiger partial charge >= 0.3 is 0 Å². The van der Waals surface area contributed by atoms with Crippen molar-refractivity contribution in [1.82, 2.24) is 0 Å². The van der Waals surface area contributed by atoms with Crippen LogP contribution in [0.25, 0.3) is 0 Å². The zero-order chi connectivity index (χ0) is 11.7. The van der Waals surface area contributed by atoms with Crippen LogP contribution in [-0.4, -0.2) is 17.3 Å². The fourth-order valence-electron chi connectivity index (χ4n) is 4.12. The van der Waals surface area contributed by atoms with E-state index in [1.165, 1.54) is 76.3 Å². The van der Waals surface area contributed by atoms with Crippen molar-refractivity contribution in [2.24, 2.45) is 16.6 Å². The van der Waals surface area contributed by atoms with Gasteiger partial charge in [0, 0.05) is 11.8 Å². The molecule has 2 bridgehead atoms. The summed E-state index contributed by atoms with van der Waals surface area (Å²) in [6, 6.07) is 0.429. The Morgan fingerprint density at radius 2 is 1.82 bits per heavy atom. The summed E-state index contributed by atoms with van der Waals surface area (Å²) in [5.74, 6) is 1.01. The van der Waals surface area contributed by atoms with Gasteiger partial charge in [-0.2, -0.15) is 0 Å². The molecule has 0 amide bonds. The molecule has 3 aliphatic carbocycles. The molecule has 0 spiro atoms. The molecule has 96 valence electrons. The fraction of sp³-hybridized carbons (Fsp3) is 0.933. The second-order valence-corrected chi connectivity index (χ2v) is 6.59. The maximum Gasteiger partial charge on any atom is 0.0610 e. The molecule has 0 heterocycles. The van der Waals surface area contributed by atoms with Crippen molar-refractivity contribution < 1.29 is 0 Å². The fourth-order valence-corrected chi connectivity index (χ4v) is 4.12. The van der Waals surface area contributed by atoms with Crippen LogP contribution in [0, 0.1) is 5.92 Å². The SMILES string of the molecule is NC1CCCCC(=NC23CCC(CC2)C3)CC1. The van der Waals surface area contributed by atoms with Crippen LogP contribution in [0.2, 0.25) is 0 Å². The molecule has 0 aromatic rings. The summed E-state index contributed by atoms with van der Waals surface area (Å²) in [7, 11) is 0. The van der Waals surface area contributed by atoms with Gasteiger partial charge in [-0.1, -0.05) is 6.42 Å². The zero-order valence-electron chi connectivity index (χ0n) is 11.0. The van der Waals surface area contributed by atoms with E-state index in [4.69, 9.17) is 10.7 Å². The smallest absolute Gasteiger partial charge is 0.0610 e. The molecular weight excluding hydrogens is 208 g/mol. The van der Waals surface area contributed by atoms with Crippen LogP contribution >= 0.6 is 0 Å². The van der Waals surface area contributed by atoms with Crippen LogP contribution < -0.4 is 5.73 Å². The summed E-state index contributed by atoms with van der Waals surface area (Å²) in [4.78, 5) is 5.22. The van der Waals surface area contributed by atoms with Gasteiger partial charge in [0.05, 0.1) is 5.54 Å². The normalized spacial score (nSPS) is 44.9. The molecule has 3 fully saturated rings. The first kappa shape index (κ1) is 11.7. The molecule has 3 saturated carbocycles. The van der Waals surface area contributed by atoms with Crippen molar-refractivity contribution in [3.63, 3.8) is 0 Å². The Morgan fingerprint density at radius 3 is 2.53 bits per heavy atom. The first-order chi connectivity index (χ1) is 8.26. The average molecular weight is 234 g/mol. The van der Waals surface area contributed by atoms with Crippen molar-refractivity contribution in [1.29, 1.82) is 0 Å². The number of nitrogens with two attached hydrogens (primary N) is 1. The van der Waals surface area contributed by atoms with E-state index in [1.807, 2.05) is 0 Å². The van der Waals surface area contributed by atoms with E-state index < -0.39 is 0 Å². The predicted octanol–water partition coefficient (Wildman–Crippen LogP) is 3.44. The predicted molar refractivity (Wildman–Crippen MR) is 72.4 cm³/mol. The van der Waals surface area contributed by atoms with Crippen molar-refractivity contribution in [3.8, 4) is 0 Å². The highest BCUT2D eigenvalue weighted by Crippen LogP contribution is 2.50. The standard InChI is InChI=1S/C15H26N2/c16-13-3-1-2-4-14(6-5-13)17-15-9-7-12(11-15)8-10-15/h12-13H,1-11,16H2. The van der Waals surface area contributed by atoms with Gasteiger partial charge in [0.1, 0.15) is 0 Å². The Kier molecular flexibility index (Phi) is 3.25. The van der Waals surface area contributed by atoms with Crippen LogP contribution in [0.5, 0.6) is 0 Å². The molecule has 3 rings (SSSR count). The van der Waals surface area contributed by atoms with Gasteiger partial charge in [0.25, 0.3) is 0 Å². The summed E-state index contributed by atoms with van der Waals surface area (Å²) in [6.07, 6.45) is 14.4. The largest absolute Gasteiger partial charge is 0.328 e.